The van der Waals surface area contributed by atoms with E-state index in [9.17, 15) is 0 Å². The van der Waals surface area contributed by atoms with Crippen LogP contribution < -0.4 is 10.1 Å². The molecule has 1 N–H and O–H groups in total. The average molecular weight is 276 g/mol. The smallest absolute Gasteiger partial charge is 0.119 e. The predicted molar refractivity (Wildman–Crippen MR) is 85.5 cm³/mol. The first-order chi connectivity index (χ1) is 9.47. The van der Waals surface area contributed by atoms with Crippen LogP contribution in [0.25, 0.3) is 0 Å². The molecular formula is C17H28N2O. The first kappa shape index (κ1) is 15.2. The second-order valence-electron chi connectivity index (χ2n) is 6.75. The van der Waals surface area contributed by atoms with E-state index in [2.05, 4.69) is 62.4 Å². The molecule has 1 aromatic rings. The van der Waals surface area contributed by atoms with Crippen LogP contribution in [0.4, 0.5) is 5.69 Å². The van der Waals surface area contributed by atoms with Gasteiger partial charge in [-0.25, -0.2) is 0 Å². The van der Waals surface area contributed by atoms with Crippen LogP contribution in [-0.4, -0.2) is 38.2 Å². The zero-order valence-electron chi connectivity index (χ0n) is 13.3. The average Bonchev–Trinajstić information content (AvgIpc) is 2.70. The lowest BCUT2D eigenvalue weighted by atomic mass is 9.87. The van der Waals surface area contributed by atoms with Crippen LogP contribution in [0, 0.1) is 5.41 Å². The molecule has 1 unspecified atom stereocenters. The molecule has 0 spiro atoms. The second-order valence-corrected chi connectivity index (χ2v) is 6.75. The fraction of sp³-hybridized carbons (Fsp3) is 0.647. The normalized spacial score (nSPS) is 21.1. The first-order valence-electron chi connectivity index (χ1n) is 7.61. The van der Waals surface area contributed by atoms with Gasteiger partial charge < -0.3 is 15.0 Å². The third-order valence-electron chi connectivity index (χ3n) is 4.26. The van der Waals surface area contributed by atoms with Gasteiger partial charge in [0.15, 0.2) is 0 Å². The van der Waals surface area contributed by atoms with Gasteiger partial charge in [-0.15, -0.1) is 0 Å². The SMILES string of the molecule is CN(C)CCOc1ccc(NC2CCCC2(C)C)cc1. The molecule has 0 saturated heterocycles. The molecule has 112 valence electrons. The third kappa shape index (κ3) is 4.14. The van der Waals surface area contributed by atoms with Gasteiger partial charge in [-0.1, -0.05) is 20.3 Å². The Morgan fingerprint density at radius 2 is 1.95 bits per heavy atom. The Morgan fingerprint density at radius 1 is 1.25 bits per heavy atom. The summed E-state index contributed by atoms with van der Waals surface area (Å²) in [5, 5.41) is 3.67. The van der Waals surface area contributed by atoms with Crippen molar-refractivity contribution in [3.05, 3.63) is 24.3 Å². The van der Waals surface area contributed by atoms with E-state index >= 15 is 0 Å². The number of ether oxygens (including phenoxy) is 1. The molecule has 20 heavy (non-hydrogen) atoms. The van der Waals surface area contributed by atoms with Crippen molar-refractivity contribution in [3.8, 4) is 5.75 Å². The van der Waals surface area contributed by atoms with Crippen molar-refractivity contribution in [2.45, 2.75) is 39.2 Å². The summed E-state index contributed by atoms with van der Waals surface area (Å²) >= 11 is 0. The summed E-state index contributed by atoms with van der Waals surface area (Å²) in [6, 6.07) is 8.95. The number of benzene rings is 1. The van der Waals surface area contributed by atoms with Gasteiger partial charge in [0, 0.05) is 18.3 Å². The molecule has 3 nitrogen and oxygen atoms in total. The fourth-order valence-corrected chi connectivity index (χ4v) is 2.79. The highest BCUT2D eigenvalue weighted by atomic mass is 16.5. The van der Waals surface area contributed by atoms with Crippen molar-refractivity contribution < 1.29 is 4.74 Å². The number of anilines is 1. The van der Waals surface area contributed by atoms with Crippen molar-refractivity contribution >= 4 is 5.69 Å². The molecule has 0 aliphatic heterocycles. The van der Waals surface area contributed by atoms with Crippen LogP contribution in [0.1, 0.15) is 33.1 Å². The number of rotatable bonds is 6. The lowest BCUT2D eigenvalue weighted by Gasteiger charge is -2.28. The molecule has 0 aromatic heterocycles. The van der Waals surface area contributed by atoms with E-state index in [0.717, 1.165) is 18.9 Å². The molecule has 1 aromatic carbocycles. The van der Waals surface area contributed by atoms with Crippen LogP contribution >= 0.6 is 0 Å². The van der Waals surface area contributed by atoms with Gasteiger partial charge in [-0.3, -0.25) is 0 Å². The summed E-state index contributed by atoms with van der Waals surface area (Å²) in [5.74, 6) is 0.947. The lowest BCUT2D eigenvalue weighted by molar-refractivity contribution is 0.261. The molecular weight excluding hydrogens is 248 g/mol. The second kappa shape index (κ2) is 6.49. The van der Waals surface area contributed by atoms with Gasteiger partial charge in [-0.2, -0.15) is 0 Å². The molecule has 1 fully saturated rings. The van der Waals surface area contributed by atoms with E-state index < -0.39 is 0 Å². The minimum atomic E-state index is 0.404. The van der Waals surface area contributed by atoms with Crippen LogP contribution in [-0.2, 0) is 0 Å². The molecule has 1 atom stereocenters. The van der Waals surface area contributed by atoms with Crippen LogP contribution in [0.2, 0.25) is 0 Å². The monoisotopic (exact) mass is 276 g/mol. The van der Waals surface area contributed by atoms with Crippen molar-refractivity contribution in [1.82, 2.24) is 4.90 Å². The van der Waals surface area contributed by atoms with E-state index in [-0.39, 0.29) is 0 Å². The highest BCUT2D eigenvalue weighted by Crippen LogP contribution is 2.39. The Hall–Kier alpha value is -1.22. The van der Waals surface area contributed by atoms with Crippen molar-refractivity contribution in [3.63, 3.8) is 0 Å². The predicted octanol–water partition coefficient (Wildman–Crippen LogP) is 3.62. The highest BCUT2D eigenvalue weighted by molar-refractivity contribution is 5.47. The standard InChI is InChI=1S/C17H28N2O/c1-17(2)11-5-6-16(17)18-14-7-9-15(10-8-14)20-13-12-19(3)4/h7-10,16,18H,5-6,11-13H2,1-4H3. The summed E-state index contributed by atoms with van der Waals surface area (Å²) in [7, 11) is 4.11. The van der Waals surface area contributed by atoms with Crippen LogP contribution in [0.5, 0.6) is 5.75 Å². The topological polar surface area (TPSA) is 24.5 Å². The highest BCUT2D eigenvalue weighted by Gasteiger charge is 2.34. The Bertz CT molecular complexity index is 412. The molecule has 1 aliphatic carbocycles. The summed E-state index contributed by atoms with van der Waals surface area (Å²) < 4.78 is 5.71. The third-order valence-corrected chi connectivity index (χ3v) is 4.26. The Balaban J connectivity index is 1.85. The number of likely N-dealkylation sites (N-methyl/N-ethyl adjacent to an activating group) is 1. The zero-order valence-corrected chi connectivity index (χ0v) is 13.3. The van der Waals surface area contributed by atoms with E-state index in [1.165, 1.54) is 24.9 Å². The Labute approximate surface area is 123 Å². The first-order valence-corrected chi connectivity index (χ1v) is 7.61. The summed E-state index contributed by atoms with van der Waals surface area (Å²) in [4.78, 5) is 2.12. The van der Waals surface area contributed by atoms with Gasteiger partial charge in [0.25, 0.3) is 0 Å². The molecule has 2 rings (SSSR count). The van der Waals surface area contributed by atoms with Crippen LogP contribution in [0.15, 0.2) is 24.3 Å². The summed E-state index contributed by atoms with van der Waals surface area (Å²) in [6.07, 6.45) is 3.92. The maximum atomic E-state index is 5.71. The van der Waals surface area contributed by atoms with Crippen LogP contribution in [0.3, 0.4) is 0 Å². The number of hydrogen-bond acceptors (Lipinski definition) is 3. The van der Waals surface area contributed by atoms with Crippen molar-refractivity contribution in [1.29, 1.82) is 0 Å². The quantitative estimate of drug-likeness (QED) is 0.859. The molecule has 1 saturated carbocycles. The van der Waals surface area contributed by atoms with Gasteiger partial charge in [-0.05, 0) is 56.6 Å². The van der Waals surface area contributed by atoms with E-state index in [4.69, 9.17) is 4.74 Å². The maximum Gasteiger partial charge on any atom is 0.119 e. The van der Waals surface area contributed by atoms with Gasteiger partial charge in [0.05, 0.1) is 0 Å². The lowest BCUT2D eigenvalue weighted by Crippen LogP contribution is -2.30. The van der Waals surface area contributed by atoms with Gasteiger partial charge >= 0.3 is 0 Å². The van der Waals surface area contributed by atoms with Crippen molar-refractivity contribution in [2.24, 2.45) is 5.41 Å². The van der Waals surface area contributed by atoms with E-state index in [1.54, 1.807) is 0 Å². The largest absolute Gasteiger partial charge is 0.492 e. The number of nitrogens with one attached hydrogen (secondary N) is 1. The molecule has 0 heterocycles. The molecule has 0 bridgehead atoms. The van der Waals surface area contributed by atoms with Crippen molar-refractivity contribution in [2.75, 3.05) is 32.6 Å². The fourth-order valence-electron chi connectivity index (χ4n) is 2.79. The summed E-state index contributed by atoms with van der Waals surface area (Å²) in [5.41, 5.74) is 1.60. The Kier molecular flexibility index (Phi) is 4.92. The van der Waals surface area contributed by atoms with E-state index in [1.807, 2.05) is 0 Å². The Morgan fingerprint density at radius 3 is 2.50 bits per heavy atom. The number of nitrogens with zero attached hydrogens (tertiary/aromatic N) is 1. The zero-order chi connectivity index (χ0) is 14.6. The van der Waals surface area contributed by atoms with Gasteiger partial charge in [0.1, 0.15) is 12.4 Å². The molecule has 1 aliphatic rings. The minimum absolute atomic E-state index is 0.404. The summed E-state index contributed by atoms with van der Waals surface area (Å²) in [6.45, 7) is 6.39. The molecule has 0 radical (unpaired) electrons. The van der Waals surface area contributed by atoms with E-state index in [0.29, 0.717) is 11.5 Å². The minimum Gasteiger partial charge on any atom is -0.492 e. The van der Waals surface area contributed by atoms with Gasteiger partial charge in [0.2, 0.25) is 0 Å². The number of hydrogen-bond donors (Lipinski definition) is 1. The molecule has 0 amide bonds. The molecule has 3 heteroatoms. The maximum absolute atomic E-state index is 5.71.